The van der Waals surface area contributed by atoms with Gasteiger partial charge in [0.15, 0.2) is 0 Å². The summed E-state index contributed by atoms with van der Waals surface area (Å²) in [5, 5.41) is 0. The molecule has 1 aromatic carbocycles. The van der Waals surface area contributed by atoms with Crippen LogP contribution in [0, 0.1) is 0 Å². The highest BCUT2D eigenvalue weighted by Crippen LogP contribution is 2.24. The molecule has 0 bridgehead atoms. The lowest BCUT2D eigenvalue weighted by Crippen LogP contribution is -2.29. The minimum atomic E-state index is 0.833. The van der Waals surface area contributed by atoms with Gasteiger partial charge in [0, 0.05) is 24.8 Å². The van der Waals surface area contributed by atoms with Crippen LogP contribution in [0.25, 0.3) is 0 Å². The van der Waals surface area contributed by atoms with Gasteiger partial charge in [-0.3, -0.25) is 0 Å². The third-order valence-corrected chi connectivity index (χ3v) is 3.31. The van der Waals surface area contributed by atoms with Gasteiger partial charge < -0.3 is 9.64 Å². The standard InChI is InChI=1S/C15H23NO/c1-2-3-12-17-15-9-7-8-14(13-15)16-10-5-4-6-11-16/h7-9,13H,2-6,10-12H2,1H3. The molecule has 0 radical (unpaired) electrons. The summed E-state index contributed by atoms with van der Waals surface area (Å²) in [6, 6.07) is 8.54. The van der Waals surface area contributed by atoms with Gasteiger partial charge >= 0.3 is 0 Å². The zero-order valence-corrected chi connectivity index (χ0v) is 10.8. The van der Waals surface area contributed by atoms with Gasteiger partial charge in [0.2, 0.25) is 0 Å². The van der Waals surface area contributed by atoms with E-state index in [1.54, 1.807) is 0 Å². The Hall–Kier alpha value is -1.18. The van der Waals surface area contributed by atoms with Gasteiger partial charge in [0.1, 0.15) is 5.75 Å². The fraction of sp³-hybridized carbons (Fsp3) is 0.600. The van der Waals surface area contributed by atoms with Gasteiger partial charge in [-0.1, -0.05) is 19.4 Å². The van der Waals surface area contributed by atoms with Crippen LogP contribution in [0.5, 0.6) is 5.75 Å². The quantitative estimate of drug-likeness (QED) is 0.716. The number of hydrogen-bond donors (Lipinski definition) is 0. The zero-order valence-electron chi connectivity index (χ0n) is 10.8. The lowest BCUT2D eigenvalue weighted by molar-refractivity contribution is 0.309. The summed E-state index contributed by atoms with van der Waals surface area (Å²) in [7, 11) is 0. The van der Waals surface area contributed by atoms with E-state index >= 15 is 0 Å². The first-order valence-electron chi connectivity index (χ1n) is 6.88. The number of anilines is 1. The van der Waals surface area contributed by atoms with E-state index in [1.807, 2.05) is 0 Å². The predicted molar refractivity (Wildman–Crippen MR) is 72.9 cm³/mol. The molecule has 1 heterocycles. The SMILES string of the molecule is CCCCOc1cccc(N2CCCCC2)c1. The normalized spacial score (nSPS) is 15.9. The number of nitrogens with zero attached hydrogens (tertiary/aromatic N) is 1. The third kappa shape index (κ3) is 3.65. The molecule has 17 heavy (non-hydrogen) atoms. The maximum Gasteiger partial charge on any atom is 0.121 e. The summed E-state index contributed by atoms with van der Waals surface area (Å²) in [4.78, 5) is 2.47. The lowest BCUT2D eigenvalue weighted by Gasteiger charge is -2.29. The minimum Gasteiger partial charge on any atom is -0.494 e. The predicted octanol–water partition coefficient (Wildman–Crippen LogP) is 3.86. The number of benzene rings is 1. The topological polar surface area (TPSA) is 12.5 Å². The van der Waals surface area contributed by atoms with Crippen LogP contribution in [0.4, 0.5) is 5.69 Å². The van der Waals surface area contributed by atoms with Crippen LogP contribution in [0.2, 0.25) is 0 Å². The second-order valence-electron chi connectivity index (χ2n) is 4.75. The monoisotopic (exact) mass is 233 g/mol. The lowest BCUT2D eigenvalue weighted by atomic mass is 10.1. The maximum atomic E-state index is 5.75. The van der Waals surface area contributed by atoms with Crippen LogP contribution >= 0.6 is 0 Å². The molecule has 2 heteroatoms. The van der Waals surface area contributed by atoms with Gasteiger partial charge in [-0.2, -0.15) is 0 Å². The van der Waals surface area contributed by atoms with Crippen molar-refractivity contribution in [3.8, 4) is 5.75 Å². The van der Waals surface area contributed by atoms with Crippen molar-refractivity contribution in [2.24, 2.45) is 0 Å². The van der Waals surface area contributed by atoms with E-state index in [4.69, 9.17) is 4.74 Å². The molecular formula is C15H23NO. The number of ether oxygens (including phenoxy) is 1. The van der Waals surface area contributed by atoms with Crippen LogP contribution in [-0.4, -0.2) is 19.7 Å². The molecule has 94 valence electrons. The fourth-order valence-corrected chi connectivity index (χ4v) is 2.26. The van der Waals surface area contributed by atoms with Crippen LogP contribution in [0.15, 0.2) is 24.3 Å². The molecule has 0 aromatic heterocycles. The van der Waals surface area contributed by atoms with Crippen molar-refractivity contribution in [1.82, 2.24) is 0 Å². The van der Waals surface area contributed by atoms with Crippen molar-refractivity contribution in [1.29, 1.82) is 0 Å². The van der Waals surface area contributed by atoms with Crippen molar-refractivity contribution in [3.63, 3.8) is 0 Å². The molecule has 1 aliphatic heterocycles. The first kappa shape index (κ1) is 12.3. The Morgan fingerprint density at radius 1 is 1.18 bits per heavy atom. The molecule has 1 aromatic rings. The molecule has 0 spiro atoms. The summed E-state index contributed by atoms with van der Waals surface area (Å²) in [6.07, 6.45) is 6.34. The zero-order chi connectivity index (χ0) is 11.9. The molecule has 1 saturated heterocycles. The molecule has 1 fully saturated rings. The van der Waals surface area contributed by atoms with E-state index < -0.39 is 0 Å². The van der Waals surface area contributed by atoms with E-state index in [2.05, 4.69) is 36.1 Å². The van der Waals surface area contributed by atoms with E-state index in [9.17, 15) is 0 Å². The Morgan fingerprint density at radius 2 is 2.00 bits per heavy atom. The Labute approximate surface area is 105 Å². The Balaban J connectivity index is 1.95. The Bertz CT molecular complexity index is 331. The molecule has 2 nitrogen and oxygen atoms in total. The third-order valence-electron chi connectivity index (χ3n) is 3.31. The smallest absolute Gasteiger partial charge is 0.121 e. The van der Waals surface area contributed by atoms with Crippen molar-refractivity contribution < 1.29 is 4.74 Å². The van der Waals surface area contributed by atoms with Crippen LogP contribution in [-0.2, 0) is 0 Å². The fourth-order valence-electron chi connectivity index (χ4n) is 2.26. The van der Waals surface area contributed by atoms with Crippen molar-refractivity contribution >= 4 is 5.69 Å². The Kier molecular flexibility index (Phi) is 4.72. The van der Waals surface area contributed by atoms with E-state index in [0.29, 0.717) is 0 Å². The molecule has 1 aliphatic rings. The molecule has 0 amide bonds. The highest BCUT2D eigenvalue weighted by Gasteiger charge is 2.11. The van der Waals surface area contributed by atoms with Crippen molar-refractivity contribution in [2.75, 3.05) is 24.6 Å². The van der Waals surface area contributed by atoms with Gasteiger partial charge in [-0.15, -0.1) is 0 Å². The average Bonchev–Trinajstić information content (AvgIpc) is 2.41. The summed E-state index contributed by atoms with van der Waals surface area (Å²) in [6.45, 7) is 5.41. The molecular weight excluding hydrogens is 210 g/mol. The summed E-state index contributed by atoms with van der Waals surface area (Å²) in [5.74, 6) is 1.02. The number of piperidine rings is 1. The number of hydrogen-bond acceptors (Lipinski definition) is 2. The highest BCUT2D eigenvalue weighted by atomic mass is 16.5. The first-order chi connectivity index (χ1) is 8.40. The van der Waals surface area contributed by atoms with Gasteiger partial charge in [0.25, 0.3) is 0 Å². The van der Waals surface area contributed by atoms with Gasteiger partial charge in [-0.05, 0) is 37.8 Å². The van der Waals surface area contributed by atoms with Gasteiger partial charge in [-0.25, -0.2) is 0 Å². The molecule has 0 unspecified atom stereocenters. The van der Waals surface area contributed by atoms with Gasteiger partial charge in [0.05, 0.1) is 6.61 Å². The van der Waals surface area contributed by atoms with Crippen LogP contribution in [0.3, 0.4) is 0 Å². The highest BCUT2D eigenvalue weighted by molar-refractivity contribution is 5.50. The van der Waals surface area contributed by atoms with Crippen molar-refractivity contribution in [2.45, 2.75) is 39.0 Å². The second-order valence-corrected chi connectivity index (χ2v) is 4.75. The molecule has 0 saturated carbocycles. The first-order valence-corrected chi connectivity index (χ1v) is 6.88. The summed E-state index contributed by atoms with van der Waals surface area (Å²) >= 11 is 0. The molecule has 0 atom stereocenters. The largest absolute Gasteiger partial charge is 0.494 e. The average molecular weight is 233 g/mol. The molecule has 0 N–H and O–H groups in total. The van der Waals surface area contributed by atoms with E-state index in [0.717, 1.165) is 18.8 Å². The van der Waals surface area contributed by atoms with Crippen LogP contribution < -0.4 is 9.64 Å². The maximum absolute atomic E-state index is 5.75. The summed E-state index contributed by atoms with van der Waals surface area (Å²) in [5.41, 5.74) is 1.32. The number of rotatable bonds is 5. The molecule has 2 rings (SSSR count). The van der Waals surface area contributed by atoms with E-state index in [1.165, 1.54) is 44.5 Å². The molecule has 0 aliphatic carbocycles. The summed E-state index contributed by atoms with van der Waals surface area (Å²) < 4.78 is 5.75. The number of unbranched alkanes of at least 4 members (excludes halogenated alkanes) is 1. The Morgan fingerprint density at radius 3 is 2.76 bits per heavy atom. The second kappa shape index (κ2) is 6.53. The van der Waals surface area contributed by atoms with E-state index in [-0.39, 0.29) is 0 Å². The van der Waals surface area contributed by atoms with Crippen molar-refractivity contribution in [3.05, 3.63) is 24.3 Å². The van der Waals surface area contributed by atoms with Crippen LogP contribution in [0.1, 0.15) is 39.0 Å². The minimum absolute atomic E-state index is 0.833.